The monoisotopic (exact) mass is 382 g/mol. The van der Waals surface area contributed by atoms with Crippen molar-refractivity contribution < 1.29 is 9.18 Å². The molecule has 3 rings (SSSR count). The minimum atomic E-state index is -0.269. The van der Waals surface area contributed by atoms with E-state index in [1.165, 1.54) is 29.0 Å². The van der Waals surface area contributed by atoms with Gasteiger partial charge in [-0.1, -0.05) is 45.0 Å². The third-order valence-corrected chi connectivity index (χ3v) is 5.24. The van der Waals surface area contributed by atoms with Crippen molar-refractivity contribution in [2.24, 2.45) is 0 Å². The van der Waals surface area contributed by atoms with E-state index in [-0.39, 0.29) is 17.1 Å². The lowest BCUT2D eigenvalue weighted by Gasteiger charge is -2.19. The molecular formula is C22H23FN2OS. The van der Waals surface area contributed by atoms with Gasteiger partial charge in [0.2, 0.25) is 0 Å². The highest BCUT2D eigenvalue weighted by Crippen LogP contribution is 2.24. The first kappa shape index (κ1) is 19.2. The van der Waals surface area contributed by atoms with E-state index >= 15 is 0 Å². The summed E-state index contributed by atoms with van der Waals surface area (Å²) in [5.41, 5.74) is 3.59. The Morgan fingerprint density at radius 3 is 2.56 bits per heavy atom. The minimum Gasteiger partial charge on any atom is -0.352 e. The number of benzene rings is 2. The molecule has 0 aliphatic rings. The Morgan fingerprint density at radius 2 is 1.89 bits per heavy atom. The Bertz CT molecular complexity index is 926. The van der Waals surface area contributed by atoms with Crippen molar-refractivity contribution in [3.05, 3.63) is 76.5 Å². The van der Waals surface area contributed by atoms with Crippen LogP contribution in [-0.2, 0) is 11.8 Å². The zero-order valence-corrected chi connectivity index (χ0v) is 16.6. The van der Waals surface area contributed by atoms with Gasteiger partial charge in [0.05, 0.1) is 5.69 Å². The molecule has 140 valence electrons. The van der Waals surface area contributed by atoms with E-state index in [1.54, 1.807) is 6.07 Å². The number of nitrogens with zero attached hydrogens (tertiary/aromatic N) is 1. The Labute approximate surface area is 163 Å². The molecule has 0 saturated carbocycles. The highest BCUT2D eigenvalue weighted by Gasteiger charge is 2.14. The summed E-state index contributed by atoms with van der Waals surface area (Å²) in [6, 6.07) is 14.1. The average Bonchev–Trinajstić information content (AvgIpc) is 3.10. The van der Waals surface area contributed by atoms with Crippen molar-refractivity contribution in [2.75, 3.05) is 6.54 Å². The first-order valence-electron chi connectivity index (χ1n) is 8.92. The second-order valence-corrected chi connectivity index (χ2v) is 8.35. The van der Waals surface area contributed by atoms with E-state index in [0.717, 1.165) is 16.3 Å². The van der Waals surface area contributed by atoms with E-state index in [0.29, 0.717) is 18.5 Å². The van der Waals surface area contributed by atoms with Crippen LogP contribution in [0.5, 0.6) is 0 Å². The summed E-state index contributed by atoms with van der Waals surface area (Å²) in [6.07, 6.45) is 0.637. The first-order valence-corrected chi connectivity index (χ1v) is 9.80. The molecule has 1 aromatic heterocycles. The lowest BCUT2D eigenvalue weighted by atomic mass is 9.87. The van der Waals surface area contributed by atoms with E-state index in [9.17, 15) is 9.18 Å². The number of amides is 1. The lowest BCUT2D eigenvalue weighted by Crippen LogP contribution is -2.25. The van der Waals surface area contributed by atoms with Crippen molar-refractivity contribution in [3.63, 3.8) is 0 Å². The quantitative estimate of drug-likeness (QED) is 0.657. The van der Waals surface area contributed by atoms with Gasteiger partial charge in [-0.05, 0) is 35.2 Å². The Morgan fingerprint density at radius 1 is 1.15 bits per heavy atom. The van der Waals surface area contributed by atoms with Crippen molar-refractivity contribution in [1.82, 2.24) is 10.3 Å². The highest BCUT2D eigenvalue weighted by atomic mass is 32.1. The summed E-state index contributed by atoms with van der Waals surface area (Å²) in [5.74, 6) is -0.356. The molecule has 0 fully saturated rings. The molecule has 0 aliphatic heterocycles. The number of thiazole rings is 1. The van der Waals surface area contributed by atoms with Gasteiger partial charge in [-0.2, -0.15) is 0 Å². The topological polar surface area (TPSA) is 42.0 Å². The first-order chi connectivity index (χ1) is 12.8. The van der Waals surface area contributed by atoms with Crippen LogP contribution in [0.4, 0.5) is 4.39 Å². The third-order valence-electron chi connectivity index (χ3n) is 4.30. The van der Waals surface area contributed by atoms with Crippen LogP contribution < -0.4 is 5.32 Å². The minimum absolute atomic E-state index is 0.0685. The zero-order valence-electron chi connectivity index (χ0n) is 15.8. The van der Waals surface area contributed by atoms with Gasteiger partial charge in [-0.3, -0.25) is 4.79 Å². The smallest absolute Gasteiger partial charge is 0.251 e. The van der Waals surface area contributed by atoms with Crippen molar-refractivity contribution in [2.45, 2.75) is 32.6 Å². The number of hydrogen-bond donors (Lipinski definition) is 1. The third kappa shape index (κ3) is 5.01. The summed E-state index contributed by atoms with van der Waals surface area (Å²) >= 11 is 1.48. The van der Waals surface area contributed by atoms with Crippen LogP contribution in [0, 0.1) is 5.82 Å². The summed E-state index contributed by atoms with van der Waals surface area (Å²) in [5, 5.41) is 5.66. The van der Waals surface area contributed by atoms with E-state index in [2.05, 4.69) is 31.1 Å². The van der Waals surface area contributed by atoms with Crippen LogP contribution in [0.15, 0.2) is 53.9 Å². The predicted molar refractivity (Wildman–Crippen MR) is 109 cm³/mol. The van der Waals surface area contributed by atoms with Crippen molar-refractivity contribution in [1.29, 1.82) is 0 Å². The molecule has 5 heteroatoms. The number of carbonyl (C=O) groups is 1. The molecule has 0 bridgehead atoms. The maximum Gasteiger partial charge on any atom is 0.251 e. The van der Waals surface area contributed by atoms with Gasteiger partial charge in [-0.15, -0.1) is 11.3 Å². The fourth-order valence-corrected chi connectivity index (χ4v) is 3.55. The van der Waals surface area contributed by atoms with Crippen LogP contribution >= 0.6 is 11.3 Å². The van der Waals surface area contributed by atoms with Gasteiger partial charge in [-0.25, -0.2) is 9.37 Å². The van der Waals surface area contributed by atoms with E-state index < -0.39 is 0 Å². The predicted octanol–water partition coefficient (Wildman–Crippen LogP) is 5.22. The molecule has 1 N–H and O–H groups in total. The van der Waals surface area contributed by atoms with Gasteiger partial charge in [0.1, 0.15) is 10.8 Å². The molecular weight excluding hydrogens is 359 g/mol. The molecule has 0 aliphatic carbocycles. The van der Waals surface area contributed by atoms with Crippen LogP contribution in [-0.4, -0.2) is 17.4 Å². The molecule has 1 amide bonds. The lowest BCUT2D eigenvalue weighted by molar-refractivity contribution is 0.0954. The normalized spacial score (nSPS) is 11.4. The summed E-state index contributed by atoms with van der Waals surface area (Å²) in [6.45, 7) is 6.95. The maximum atomic E-state index is 13.3. The Balaban J connectivity index is 1.55. The van der Waals surface area contributed by atoms with Crippen LogP contribution in [0.25, 0.3) is 10.6 Å². The van der Waals surface area contributed by atoms with Gasteiger partial charge in [0.15, 0.2) is 0 Å². The van der Waals surface area contributed by atoms with Crippen LogP contribution in [0.2, 0.25) is 0 Å². The molecule has 1 heterocycles. The van der Waals surface area contributed by atoms with Crippen molar-refractivity contribution in [3.8, 4) is 10.6 Å². The van der Waals surface area contributed by atoms with Crippen LogP contribution in [0.1, 0.15) is 42.4 Å². The molecule has 27 heavy (non-hydrogen) atoms. The number of carbonyl (C=O) groups excluding carboxylic acids is 1. The van der Waals surface area contributed by atoms with Gasteiger partial charge in [0, 0.05) is 29.5 Å². The Hall–Kier alpha value is -2.53. The van der Waals surface area contributed by atoms with Crippen molar-refractivity contribution >= 4 is 17.2 Å². The number of aromatic nitrogens is 1. The SMILES string of the molecule is CC(C)(C)c1ccc(C(=O)NCCc2csc(-c3cccc(F)c3)n2)cc1. The van der Waals surface area contributed by atoms with E-state index in [4.69, 9.17) is 0 Å². The second-order valence-electron chi connectivity index (χ2n) is 7.49. The maximum absolute atomic E-state index is 13.3. The van der Waals surface area contributed by atoms with Gasteiger partial charge >= 0.3 is 0 Å². The number of halogens is 1. The van der Waals surface area contributed by atoms with Crippen LogP contribution in [0.3, 0.4) is 0 Å². The molecule has 0 radical (unpaired) electrons. The molecule has 0 spiro atoms. The largest absolute Gasteiger partial charge is 0.352 e. The molecule has 2 aromatic carbocycles. The number of nitrogens with one attached hydrogen (secondary N) is 1. The fourth-order valence-electron chi connectivity index (χ4n) is 2.70. The number of hydrogen-bond acceptors (Lipinski definition) is 3. The second kappa shape index (κ2) is 8.01. The summed E-state index contributed by atoms with van der Waals surface area (Å²) in [4.78, 5) is 16.8. The van der Waals surface area contributed by atoms with Gasteiger partial charge in [0.25, 0.3) is 5.91 Å². The van der Waals surface area contributed by atoms with E-state index in [1.807, 2.05) is 35.7 Å². The highest BCUT2D eigenvalue weighted by molar-refractivity contribution is 7.13. The summed E-state index contributed by atoms with van der Waals surface area (Å²) < 4.78 is 13.3. The molecule has 3 nitrogen and oxygen atoms in total. The fraction of sp³-hybridized carbons (Fsp3) is 0.273. The molecule has 0 unspecified atom stereocenters. The van der Waals surface area contributed by atoms with Gasteiger partial charge < -0.3 is 5.32 Å². The number of rotatable bonds is 5. The average molecular weight is 383 g/mol. The summed E-state index contributed by atoms with van der Waals surface area (Å²) in [7, 11) is 0. The zero-order chi connectivity index (χ0) is 19.4. The standard InChI is InChI=1S/C22H23FN2OS/c1-22(2,3)17-9-7-15(8-10-17)20(26)24-12-11-19-14-27-21(25-19)16-5-4-6-18(23)13-16/h4-10,13-14H,11-12H2,1-3H3,(H,24,26). The molecule has 0 saturated heterocycles. The Kier molecular flexibility index (Phi) is 5.71. The molecule has 0 atom stereocenters. The molecule has 3 aromatic rings.